The van der Waals surface area contributed by atoms with Gasteiger partial charge in [0.05, 0.1) is 6.04 Å². The Bertz CT molecular complexity index is 512. The summed E-state index contributed by atoms with van der Waals surface area (Å²) in [6.45, 7) is 2.17. The standard InChI is InChI=1S/C21H36FN3O2/c1-13-9-10-17(22)16-12-18(25-20(13)16)21(27)24-15-7-3-5-14(11-15)6-4-8-19(26)23-2/h13-18,20,25H,3-12H2,1-2H3,(H,23,26)(H,24,27). The Kier molecular flexibility index (Phi) is 7.12. The lowest BCUT2D eigenvalue weighted by Crippen LogP contribution is -2.49. The number of hydrogen-bond acceptors (Lipinski definition) is 3. The molecule has 7 unspecified atom stereocenters. The molecule has 0 aromatic carbocycles. The Morgan fingerprint density at radius 1 is 1.15 bits per heavy atom. The second-order valence-corrected chi connectivity index (χ2v) is 9.02. The molecule has 1 saturated heterocycles. The molecule has 0 bridgehead atoms. The molecule has 1 aliphatic heterocycles. The van der Waals surface area contributed by atoms with Crippen LogP contribution in [0.5, 0.6) is 0 Å². The first-order valence-corrected chi connectivity index (χ1v) is 10.9. The molecule has 0 radical (unpaired) electrons. The minimum Gasteiger partial charge on any atom is -0.359 e. The summed E-state index contributed by atoms with van der Waals surface area (Å²) >= 11 is 0. The Hall–Kier alpha value is -1.17. The molecule has 3 N–H and O–H groups in total. The van der Waals surface area contributed by atoms with Crippen LogP contribution in [0.1, 0.15) is 71.1 Å². The summed E-state index contributed by atoms with van der Waals surface area (Å²) in [6.07, 6.45) is 8.29. The lowest BCUT2D eigenvalue weighted by atomic mass is 9.77. The van der Waals surface area contributed by atoms with Crippen LogP contribution in [0, 0.1) is 17.8 Å². The number of carbonyl (C=O) groups excluding carboxylic acids is 2. The van der Waals surface area contributed by atoms with Crippen LogP contribution in [0.3, 0.4) is 0 Å². The summed E-state index contributed by atoms with van der Waals surface area (Å²) in [5.41, 5.74) is 0. The number of halogens is 1. The number of rotatable bonds is 6. The summed E-state index contributed by atoms with van der Waals surface area (Å²) in [6, 6.07) is 0.125. The van der Waals surface area contributed by atoms with Crippen LogP contribution in [0.2, 0.25) is 0 Å². The highest BCUT2D eigenvalue weighted by molar-refractivity contribution is 5.82. The third-order valence-electron chi connectivity index (χ3n) is 7.08. The number of hydrogen-bond donors (Lipinski definition) is 3. The van der Waals surface area contributed by atoms with E-state index in [0.29, 0.717) is 31.1 Å². The zero-order valence-corrected chi connectivity index (χ0v) is 16.8. The molecule has 6 heteroatoms. The molecular weight excluding hydrogens is 345 g/mol. The fourth-order valence-electron chi connectivity index (χ4n) is 5.46. The summed E-state index contributed by atoms with van der Waals surface area (Å²) in [5, 5.41) is 9.33. The molecule has 154 valence electrons. The first kappa shape index (κ1) is 20.6. The molecule has 7 atom stereocenters. The first-order valence-electron chi connectivity index (χ1n) is 10.9. The van der Waals surface area contributed by atoms with Crippen LogP contribution < -0.4 is 16.0 Å². The Morgan fingerprint density at radius 2 is 1.96 bits per heavy atom. The van der Waals surface area contributed by atoms with Gasteiger partial charge in [-0.2, -0.15) is 0 Å². The summed E-state index contributed by atoms with van der Waals surface area (Å²) < 4.78 is 14.3. The molecule has 3 fully saturated rings. The molecule has 0 aromatic rings. The number of alkyl halides is 1. The molecule has 27 heavy (non-hydrogen) atoms. The van der Waals surface area contributed by atoms with Crippen molar-refractivity contribution in [2.75, 3.05) is 7.05 Å². The predicted molar refractivity (Wildman–Crippen MR) is 104 cm³/mol. The average molecular weight is 382 g/mol. The summed E-state index contributed by atoms with van der Waals surface area (Å²) in [5.74, 6) is 1.18. The highest BCUT2D eigenvalue weighted by atomic mass is 19.1. The minimum absolute atomic E-state index is 0.00619. The monoisotopic (exact) mass is 381 g/mol. The molecule has 1 heterocycles. The summed E-state index contributed by atoms with van der Waals surface area (Å²) in [7, 11) is 1.67. The normalized spacial score (nSPS) is 38.9. The highest BCUT2D eigenvalue weighted by Crippen LogP contribution is 2.38. The molecular formula is C21H36FN3O2. The number of fused-ring (bicyclic) bond motifs is 1. The fraction of sp³-hybridized carbons (Fsp3) is 0.905. The van der Waals surface area contributed by atoms with Crippen LogP contribution in [-0.2, 0) is 9.59 Å². The van der Waals surface area contributed by atoms with E-state index in [0.717, 1.165) is 38.5 Å². The molecule has 2 amide bonds. The minimum atomic E-state index is -0.768. The van der Waals surface area contributed by atoms with Crippen LogP contribution in [0.25, 0.3) is 0 Å². The SMILES string of the molecule is CNC(=O)CCCC1CCCC(NC(=O)C2CC3C(F)CCC(C)C3N2)C1. The van der Waals surface area contributed by atoms with E-state index in [-0.39, 0.29) is 35.9 Å². The molecule has 2 saturated carbocycles. The van der Waals surface area contributed by atoms with E-state index in [1.54, 1.807) is 7.05 Å². The van der Waals surface area contributed by atoms with Crippen molar-refractivity contribution < 1.29 is 14.0 Å². The topological polar surface area (TPSA) is 70.2 Å². The van der Waals surface area contributed by atoms with Gasteiger partial charge < -0.3 is 16.0 Å². The van der Waals surface area contributed by atoms with Crippen molar-refractivity contribution in [3.8, 4) is 0 Å². The largest absolute Gasteiger partial charge is 0.359 e. The van der Waals surface area contributed by atoms with E-state index in [9.17, 15) is 14.0 Å². The second-order valence-electron chi connectivity index (χ2n) is 9.02. The smallest absolute Gasteiger partial charge is 0.237 e. The highest BCUT2D eigenvalue weighted by Gasteiger charge is 2.46. The lowest BCUT2D eigenvalue weighted by Gasteiger charge is -2.33. The van der Waals surface area contributed by atoms with Gasteiger partial charge in [-0.05, 0) is 56.8 Å². The van der Waals surface area contributed by atoms with Crippen molar-refractivity contribution in [2.24, 2.45) is 17.8 Å². The van der Waals surface area contributed by atoms with Crippen molar-refractivity contribution in [3.05, 3.63) is 0 Å². The molecule has 3 aliphatic rings. The van der Waals surface area contributed by atoms with Crippen LogP contribution >= 0.6 is 0 Å². The maximum atomic E-state index is 14.3. The molecule has 5 nitrogen and oxygen atoms in total. The van der Waals surface area contributed by atoms with Crippen molar-refractivity contribution in [1.82, 2.24) is 16.0 Å². The van der Waals surface area contributed by atoms with Gasteiger partial charge in [0.2, 0.25) is 11.8 Å². The Morgan fingerprint density at radius 3 is 2.70 bits per heavy atom. The van der Waals surface area contributed by atoms with Gasteiger partial charge >= 0.3 is 0 Å². The first-order chi connectivity index (χ1) is 13.0. The predicted octanol–water partition coefficient (Wildman–Crippen LogP) is 2.69. The van der Waals surface area contributed by atoms with Gasteiger partial charge in [-0.15, -0.1) is 0 Å². The number of nitrogens with one attached hydrogen (secondary N) is 3. The third kappa shape index (κ3) is 5.21. The van der Waals surface area contributed by atoms with Gasteiger partial charge in [0.1, 0.15) is 6.17 Å². The van der Waals surface area contributed by atoms with Gasteiger partial charge in [0, 0.05) is 31.5 Å². The van der Waals surface area contributed by atoms with Crippen molar-refractivity contribution in [2.45, 2.75) is 95.4 Å². The van der Waals surface area contributed by atoms with E-state index in [1.165, 1.54) is 6.42 Å². The van der Waals surface area contributed by atoms with Crippen LogP contribution in [-0.4, -0.2) is 43.2 Å². The Labute approximate surface area is 162 Å². The summed E-state index contributed by atoms with van der Waals surface area (Å²) in [4.78, 5) is 24.1. The third-order valence-corrected chi connectivity index (χ3v) is 7.08. The van der Waals surface area contributed by atoms with Crippen molar-refractivity contribution in [3.63, 3.8) is 0 Å². The van der Waals surface area contributed by atoms with Gasteiger partial charge in [-0.3, -0.25) is 9.59 Å². The molecule has 2 aliphatic carbocycles. The van der Waals surface area contributed by atoms with Crippen LogP contribution in [0.4, 0.5) is 4.39 Å². The number of amides is 2. The zero-order valence-electron chi connectivity index (χ0n) is 16.8. The lowest BCUT2D eigenvalue weighted by molar-refractivity contribution is -0.124. The quantitative estimate of drug-likeness (QED) is 0.662. The average Bonchev–Trinajstić information content (AvgIpc) is 3.12. The maximum Gasteiger partial charge on any atom is 0.237 e. The molecule has 0 spiro atoms. The zero-order chi connectivity index (χ0) is 19.4. The van der Waals surface area contributed by atoms with E-state index < -0.39 is 6.17 Å². The van der Waals surface area contributed by atoms with Gasteiger partial charge in [0.15, 0.2) is 0 Å². The van der Waals surface area contributed by atoms with Gasteiger partial charge in [-0.25, -0.2) is 4.39 Å². The maximum absolute atomic E-state index is 14.3. The van der Waals surface area contributed by atoms with Gasteiger partial charge in [-0.1, -0.05) is 19.8 Å². The van der Waals surface area contributed by atoms with E-state index in [4.69, 9.17) is 0 Å². The second kappa shape index (κ2) is 9.35. The van der Waals surface area contributed by atoms with Crippen molar-refractivity contribution in [1.29, 1.82) is 0 Å². The fourth-order valence-corrected chi connectivity index (χ4v) is 5.46. The number of carbonyl (C=O) groups is 2. The van der Waals surface area contributed by atoms with Crippen molar-refractivity contribution >= 4 is 11.8 Å². The van der Waals surface area contributed by atoms with E-state index >= 15 is 0 Å². The molecule has 0 aromatic heterocycles. The van der Waals surface area contributed by atoms with Gasteiger partial charge in [0.25, 0.3) is 0 Å². The molecule has 3 rings (SSSR count). The van der Waals surface area contributed by atoms with E-state index in [1.807, 2.05) is 0 Å². The Balaban J connectivity index is 1.44. The van der Waals surface area contributed by atoms with E-state index in [2.05, 4.69) is 22.9 Å². The van der Waals surface area contributed by atoms with Crippen LogP contribution in [0.15, 0.2) is 0 Å².